The molecule has 0 aliphatic carbocycles. The Balaban J connectivity index is 2.46. The average molecular weight is 225 g/mol. The third-order valence-electron chi connectivity index (χ3n) is 2.13. The van der Waals surface area contributed by atoms with Gasteiger partial charge in [-0.15, -0.1) is 10.2 Å². The summed E-state index contributed by atoms with van der Waals surface area (Å²) in [7, 11) is 1.83. The average Bonchev–Trinajstić information content (AvgIpc) is 2.49. The van der Waals surface area contributed by atoms with E-state index in [1.807, 2.05) is 20.9 Å². The minimum atomic E-state index is -0.281. The number of nitriles is 1. The van der Waals surface area contributed by atoms with E-state index in [0.717, 1.165) is 17.3 Å². The molecule has 0 aliphatic rings. The predicted octanol–water partition coefficient (Wildman–Crippen LogP) is 1.43. The van der Waals surface area contributed by atoms with Crippen molar-refractivity contribution in [1.82, 2.24) is 14.8 Å². The molecule has 0 unspecified atom stereocenters. The van der Waals surface area contributed by atoms with Crippen molar-refractivity contribution >= 4 is 17.7 Å². The Morgan fingerprint density at radius 3 is 2.67 bits per heavy atom. The lowest BCUT2D eigenvalue weighted by molar-refractivity contribution is 0.481. The zero-order chi connectivity index (χ0) is 11.5. The summed E-state index contributed by atoms with van der Waals surface area (Å²) in [5.41, 5.74) is 5.27. The van der Waals surface area contributed by atoms with Crippen molar-refractivity contribution in [3.05, 3.63) is 0 Å². The van der Waals surface area contributed by atoms with E-state index in [1.165, 1.54) is 0 Å². The van der Waals surface area contributed by atoms with Crippen molar-refractivity contribution < 1.29 is 0 Å². The normalized spacial score (nSPS) is 11.3. The van der Waals surface area contributed by atoms with E-state index in [4.69, 9.17) is 11.0 Å². The Morgan fingerprint density at radius 1 is 1.53 bits per heavy atom. The van der Waals surface area contributed by atoms with Gasteiger partial charge >= 0.3 is 0 Å². The van der Waals surface area contributed by atoms with Gasteiger partial charge in [-0.05, 0) is 20.3 Å². The summed E-state index contributed by atoms with van der Waals surface area (Å²) in [5, 5.41) is 17.3. The Morgan fingerprint density at radius 2 is 2.20 bits per heavy atom. The summed E-state index contributed by atoms with van der Waals surface area (Å²) >= 11 is 1.57. The first-order valence-electron chi connectivity index (χ1n) is 4.65. The van der Waals surface area contributed by atoms with Crippen molar-refractivity contribution in [3.8, 4) is 6.07 Å². The summed E-state index contributed by atoms with van der Waals surface area (Å²) in [6.07, 6.45) is 0.820. The Hall–Kier alpha value is -1.22. The maximum absolute atomic E-state index is 8.84. The fourth-order valence-corrected chi connectivity index (χ4v) is 2.09. The topological polar surface area (TPSA) is 80.5 Å². The van der Waals surface area contributed by atoms with E-state index in [9.17, 15) is 0 Å². The van der Waals surface area contributed by atoms with Crippen molar-refractivity contribution in [2.24, 2.45) is 12.5 Å². The summed E-state index contributed by atoms with van der Waals surface area (Å²) < 4.78 is 1.74. The molecule has 1 aromatic heterocycles. The summed E-state index contributed by atoms with van der Waals surface area (Å²) in [5.74, 6) is 1.25. The lowest BCUT2D eigenvalue weighted by Crippen LogP contribution is -2.09. The minimum absolute atomic E-state index is 0.281. The van der Waals surface area contributed by atoms with Crippen LogP contribution in [0.1, 0.15) is 20.3 Å². The fraction of sp³-hybridized carbons (Fsp3) is 0.667. The third kappa shape index (κ3) is 3.13. The number of thioether (sulfide) groups is 1. The smallest absolute Gasteiger partial charge is 0.222 e. The van der Waals surface area contributed by atoms with E-state index < -0.39 is 0 Å². The highest BCUT2D eigenvalue weighted by Crippen LogP contribution is 2.25. The van der Waals surface area contributed by atoms with Crippen LogP contribution in [0.25, 0.3) is 0 Å². The van der Waals surface area contributed by atoms with Gasteiger partial charge in [0.05, 0.1) is 11.5 Å². The zero-order valence-corrected chi connectivity index (χ0v) is 10.0. The Labute approximate surface area is 93.7 Å². The van der Waals surface area contributed by atoms with Gasteiger partial charge in [-0.1, -0.05) is 11.8 Å². The monoisotopic (exact) mass is 225 g/mol. The second-order valence-electron chi connectivity index (χ2n) is 3.99. The van der Waals surface area contributed by atoms with Crippen molar-refractivity contribution in [3.63, 3.8) is 0 Å². The first kappa shape index (κ1) is 11.9. The molecule has 0 aromatic carbocycles. The van der Waals surface area contributed by atoms with Gasteiger partial charge in [0.2, 0.25) is 5.95 Å². The number of aromatic nitrogens is 3. The molecule has 5 nitrogen and oxygen atoms in total. The van der Waals surface area contributed by atoms with Crippen molar-refractivity contribution in [1.29, 1.82) is 5.26 Å². The van der Waals surface area contributed by atoms with Gasteiger partial charge in [-0.25, -0.2) is 0 Å². The van der Waals surface area contributed by atoms with Gasteiger partial charge in [-0.2, -0.15) is 5.26 Å². The molecule has 0 spiro atoms. The molecule has 15 heavy (non-hydrogen) atoms. The van der Waals surface area contributed by atoms with Crippen LogP contribution in [0, 0.1) is 16.7 Å². The second kappa shape index (κ2) is 4.53. The maximum atomic E-state index is 8.84. The molecular formula is C9H15N5S. The second-order valence-corrected chi connectivity index (χ2v) is 5.06. The number of hydrogen-bond acceptors (Lipinski definition) is 5. The van der Waals surface area contributed by atoms with Crippen molar-refractivity contribution in [2.75, 3.05) is 11.5 Å². The number of anilines is 1. The molecule has 0 bridgehead atoms. The van der Waals surface area contributed by atoms with Crippen LogP contribution in [0.5, 0.6) is 0 Å². The highest BCUT2D eigenvalue weighted by atomic mass is 32.2. The Bertz CT molecular complexity index is 376. The van der Waals surface area contributed by atoms with Crippen LogP contribution in [0.15, 0.2) is 5.16 Å². The molecule has 2 N–H and O–H groups in total. The van der Waals surface area contributed by atoms with Gasteiger partial charge in [0.25, 0.3) is 0 Å². The minimum Gasteiger partial charge on any atom is -0.368 e. The molecule has 1 heterocycles. The molecular weight excluding hydrogens is 210 g/mol. The van der Waals surface area contributed by atoms with Gasteiger partial charge < -0.3 is 5.73 Å². The first-order valence-corrected chi connectivity index (χ1v) is 5.64. The summed E-state index contributed by atoms with van der Waals surface area (Å²) in [6, 6.07) is 2.27. The highest BCUT2D eigenvalue weighted by molar-refractivity contribution is 7.99. The maximum Gasteiger partial charge on any atom is 0.222 e. The van der Waals surface area contributed by atoms with Gasteiger partial charge in [0, 0.05) is 12.8 Å². The fourth-order valence-electron chi connectivity index (χ4n) is 0.905. The molecule has 0 fully saturated rings. The molecule has 1 aromatic rings. The molecule has 0 aliphatic heterocycles. The van der Waals surface area contributed by atoms with E-state index in [2.05, 4.69) is 16.3 Å². The van der Waals surface area contributed by atoms with E-state index in [1.54, 1.807) is 16.3 Å². The molecule has 0 atom stereocenters. The van der Waals surface area contributed by atoms with Crippen LogP contribution in [-0.2, 0) is 7.05 Å². The van der Waals surface area contributed by atoms with E-state index >= 15 is 0 Å². The van der Waals surface area contributed by atoms with E-state index in [0.29, 0.717) is 5.95 Å². The molecule has 0 amide bonds. The third-order valence-corrected chi connectivity index (χ3v) is 3.15. The zero-order valence-electron chi connectivity index (χ0n) is 9.19. The highest BCUT2D eigenvalue weighted by Gasteiger charge is 2.17. The Kier molecular flexibility index (Phi) is 3.58. The largest absolute Gasteiger partial charge is 0.368 e. The lowest BCUT2D eigenvalue weighted by Gasteiger charge is -2.13. The summed E-state index contributed by atoms with van der Waals surface area (Å²) in [6.45, 7) is 3.86. The van der Waals surface area contributed by atoms with Crippen LogP contribution in [0.4, 0.5) is 5.95 Å². The molecule has 82 valence electrons. The van der Waals surface area contributed by atoms with Crippen LogP contribution < -0.4 is 5.73 Å². The van der Waals surface area contributed by atoms with Crippen LogP contribution in [0.3, 0.4) is 0 Å². The molecule has 0 saturated carbocycles. The van der Waals surface area contributed by atoms with Crippen LogP contribution in [0.2, 0.25) is 0 Å². The molecule has 0 radical (unpaired) electrons. The van der Waals surface area contributed by atoms with Gasteiger partial charge in [0.1, 0.15) is 0 Å². The van der Waals surface area contributed by atoms with Gasteiger partial charge in [0.15, 0.2) is 5.16 Å². The quantitative estimate of drug-likeness (QED) is 0.784. The van der Waals surface area contributed by atoms with Gasteiger partial charge in [-0.3, -0.25) is 4.57 Å². The number of rotatable bonds is 4. The first-order chi connectivity index (χ1) is 6.96. The van der Waals surface area contributed by atoms with E-state index in [-0.39, 0.29) is 5.41 Å². The lowest BCUT2D eigenvalue weighted by atomic mass is 9.93. The van der Waals surface area contributed by atoms with Crippen molar-refractivity contribution in [2.45, 2.75) is 25.4 Å². The molecule has 1 rings (SSSR count). The predicted molar refractivity (Wildman–Crippen MR) is 60.2 cm³/mol. The van der Waals surface area contributed by atoms with Crippen LogP contribution in [-0.4, -0.2) is 20.5 Å². The van der Waals surface area contributed by atoms with Crippen LogP contribution >= 0.6 is 11.8 Å². The number of nitrogens with two attached hydrogens (primary N) is 1. The number of nitrogens with zero attached hydrogens (tertiary/aromatic N) is 4. The number of hydrogen-bond donors (Lipinski definition) is 1. The number of nitrogen functional groups attached to an aromatic ring is 1. The molecule has 0 saturated heterocycles. The summed E-state index contributed by atoms with van der Waals surface area (Å²) in [4.78, 5) is 0. The molecule has 6 heteroatoms. The SMILES string of the molecule is Cn1c(N)nnc1SCCC(C)(C)C#N. The standard InChI is InChI=1S/C9H15N5S/c1-9(2,6-10)4-5-15-8-13-12-7(11)14(8)3/h4-5H2,1-3H3,(H2,11,12).